The molecule has 0 aliphatic carbocycles. The Bertz CT molecular complexity index is 932. The Labute approximate surface area is 182 Å². The fourth-order valence-electron chi connectivity index (χ4n) is 4.03. The van der Waals surface area contributed by atoms with Crippen molar-refractivity contribution in [2.45, 2.75) is 12.8 Å². The number of hydrogen-bond donors (Lipinski definition) is 0. The maximum Gasteiger partial charge on any atom is 0.225 e. The molecule has 3 aliphatic rings. The molecule has 4 rings (SSSR count). The summed E-state index contributed by atoms with van der Waals surface area (Å²) in [5.41, 5.74) is 2.09. The summed E-state index contributed by atoms with van der Waals surface area (Å²) in [6.45, 7) is 3.70. The van der Waals surface area contributed by atoms with E-state index < -0.39 is 10.0 Å². The van der Waals surface area contributed by atoms with Crippen LogP contribution in [0.4, 0.5) is 0 Å². The summed E-state index contributed by atoms with van der Waals surface area (Å²) < 4.78 is 24.8. The second-order valence-corrected chi connectivity index (χ2v) is 10.8. The highest BCUT2D eigenvalue weighted by atomic mass is 32.2. The van der Waals surface area contributed by atoms with Gasteiger partial charge in [0, 0.05) is 50.9 Å². The molecule has 8 nitrogen and oxygen atoms in total. The first-order valence-corrected chi connectivity index (χ1v) is 13.1. The third-order valence-electron chi connectivity index (χ3n) is 5.84. The van der Waals surface area contributed by atoms with E-state index in [9.17, 15) is 13.2 Å². The van der Waals surface area contributed by atoms with Crippen LogP contribution in [-0.4, -0.2) is 90.6 Å². The number of rotatable bonds is 3. The number of nitrogens with zero attached hydrogens (tertiary/aromatic N) is 5. The van der Waals surface area contributed by atoms with Gasteiger partial charge >= 0.3 is 0 Å². The maximum atomic E-state index is 12.9. The number of hydrogen-bond acceptors (Lipinski definition) is 7. The average molecular weight is 450 g/mol. The Morgan fingerprint density at radius 3 is 2.23 bits per heavy atom. The number of sulfonamides is 1. The van der Waals surface area contributed by atoms with Crippen LogP contribution in [0.25, 0.3) is 0 Å². The summed E-state index contributed by atoms with van der Waals surface area (Å²) in [6, 6.07) is 10.1. The quantitative estimate of drug-likeness (QED) is 0.695. The smallest absolute Gasteiger partial charge is 0.225 e. The summed E-state index contributed by atoms with van der Waals surface area (Å²) in [7, 11) is -3.17. The van der Waals surface area contributed by atoms with Gasteiger partial charge in [-0.05, 0) is 18.4 Å². The SMILES string of the molecule is CS(=O)(=O)N1CCC(C(=O)N2CCN(C3=NN=C(c4ccccc4)CS3)CC2)CC1. The number of carbonyl (C=O) groups excluding carboxylic acids is 1. The van der Waals surface area contributed by atoms with Gasteiger partial charge in [-0.2, -0.15) is 5.10 Å². The molecule has 0 N–H and O–H groups in total. The van der Waals surface area contributed by atoms with Gasteiger partial charge in [0.2, 0.25) is 15.9 Å². The fraction of sp³-hybridized carbons (Fsp3) is 0.550. The van der Waals surface area contributed by atoms with Crippen molar-refractivity contribution in [3.05, 3.63) is 35.9 Å². The lowest BCUT2D eigenvalue weighted by molar-refractivity contribution is -0.138. The minimum Gasteiger partial charge on any atom is -0.346 e. The molecule has 10 heteroatoms. The van der Waals surface area contributed by atoms with E-state index in [0.29, 0.717) is 39.0 Å². The number of amidine groups is 1. The van der Waals surface area contributed by atoms with Gasteiger partial charge in [-0.25, -0.2) is 12.7 Å². The van der Waals surface area contributed by atoms with Gasteiger partial charge in [0.25, 0.3) is 0 Å². The van der Waals surface area contributed by atoms with Crippen LogP contribution in [0.1, 0.15) is 18.4 Å². The Hall–Kier alpha value is -1.91. The molecule has 2 fully saturated rings. The van der Waals surface area contributed by atoms with Crippen LogP contribution >= 0.6 is 11.8 Å². The molecule has 1 aromatic carbocycles. The highest BCUT2D eigenvalue weighted by molar-refractivity contribution is 8.14. The van der Waals surface area contributed by atoms with Crippen molar-refractivity contribution in [2.24, 2.45) is 16.1 Å². The van der Waals surface area contributed by atoms with Crippen LogP contribution in [0.5, 0.6) is 0 Å². The van der Waals surface area contributed by atoms with E-state index in [-0.39, 0.29) is 11.8 Å². The van der Waals surface area contributed by atoms with Crippen molar-refractivity contribution in [1.82, 2.24) is 14.1 Å². The minimum atomic E-state index is -3.17. The monoisotopic (exact) mass is 449 g/mol. The number of amides is 1. The molecule has 0 aromatic heterocycles. The van der Waals surface area contributed by atoms with Gasteiger partial charge in [0.15, 0.2) is 5.17 Å². The number of thioether (sulfide) groups is 1. The fourth-order valence-corrected chi connectivity index (χ4v) is 5.86. The molecule has 1 aromatic rings. The predicted octanol–water partition coefficient (Wildman–Crippen LogP) is 1.31. The van der Waals surface area contributed by atoms with Crippen molar-refractivity contribution in [3.63, 3.8) is 0 Å². The van der Waals surface area contributed by atoms with Crippen LogP contribution < -0.4 is 0 Å². The molecule has 3 heterocycles. The normalized spacial score (nSPS) is 21.9. The van der Waals surface area contributed by atoms with E-state index in [0.717, 1.165) is 35.3 Å². The van der Waals surface area contributed by atoms with E-state index in [2.05, 4.69) is 15.1 Å². The lowest BCUT2D eigenvalue weighted by atomic mass is 9.96. The first-order chi connectivity index (χ1) is 14.4. The Morgan fingerprint density at radius 2 is 1.67 bits per heavy atom. The Balaban J connectivity index is 1.29. The molecule has 30 heavy (non-hydrogen) atoms. The van der Waals surface area contributed by atoms with Crippen LogP contribution in [-0.2, 0) is 14.8 Å². The molecule has 2 saturated heterocycles. The van der Waals surface area contributed by atoms with Gasteiger partial charge < -0.3 is 9.80 Å². The van der Waals surface area contributed by atoms with Gasteiger partial charge in [0.05, 0.1) is 12.0 Å². The minimum absolute atomic E-state index is 0.0750. The topological polar surface area (TPSA) is 85.7 Å². The average Bonchev–Trinajstić information content (AvgIpc) is 2.79. The second kappa shape index (κ2) is 9.07. The second-order valence-electron chi connectivity index (χ2n) is 7.83. The van der Waals surface area contributed by atoms with E-state index in [4.69, 9.17) is 0 Å². The van der Waals surface area contributed by atoms with Crippen molar-refractivity contribution in [2.75, 3.05) is 51.3 Å². The predicted molar refractivity (Wildman–Crippen MR) is 120 cm³/mol. The van der Waals surface area contributed by atoms with Crippen LogP contribution in [0.2, 0.25) is 0 Å². The molecular formula is C20H27N5O3S2. The lowest BCUT2D eigenvalue weighted by Gasteiger charge is -2.39. The molecule has 0 radical (unpaired) electrons. The maximum absolute atomic E-state index is 12.9. The van der Waals surface area contributed by atoms with E-state index in [1.165, 1.54) is 10.6 Å². The molecule has 3 aliphatic heterocycles. The van der Waals surface area contributed by atoms with Crippen LogP contribution in [0.3, 0.4) is 0 Å². The third-order valence-corrected chi connectivity index (χ3v) is 8.15. The number of benzene rings is 1. The molecule has 1 amide bonds. The zero-order valence-electron chi connectivity index (χ0n) is 17.1. The number of piperidine rings is 1. The molecule has 162 valence electrons. The number of piperazine rings is 1. The summed E-state index contributed by atoms with van der Waals surface area (Å²) in [4.78, 5) is 17.0. The first-order valence-electron chi connectivity index (χ1n) is 10.2. The van der Waals surface area contributed by atoms with Gasteiger partial charge in [-0.3, -0.25) is 4.79 Å². The molecule has 0 atom stereocenters. The lowest BCUT2D eigenvalue weighted by Crippen LogP contribution is -2.53. The van der Waals surface area contributed by atoms with E-state index in [1.807, 2.05) is 35.2 Å². The summed E-state index contributed by atoms with van der Waals surface area (Å²) >= 11 is 1.69. The zero-order valence-corrected chi connectivity index (χ0v) is 18.7. The van der Waals surface area contributed by atoms with E-state index >= 15 is 0 Å². The first kappa shape index (κ1) is 21.3. The third kappa shape index (κ3) is 4.87. The standard InChI is InChI=1S/C20H27N5O3S2/c1-30(27,28)25-9-7-17(8-10-25)19(26)23-11-13-24(14-12-23)20-22-21-18(15-29-20)16-5-3-2-4-6-16/h2-6,17H,7-15H2,1H3. The summed E-state index contributed by atoms with van der Waals surface area (Å²) in [5.74, 6) is 0.875. The molecule has 0 bridgehead atoms. The summed E-state index contributed by atoms with van der Waals surface area (Å²) in [5, 5.41) is 9.77. The van der Waals surface area contributed by atoms with Crippen molar-refractivity contribution in [3.8, 4) is 0 Å². The largest absolute Gasteiger partial charge is 0.346 e. The van der Waals surface area contributed by atoms with Gasteiger partial charge in [0.1, 0.15) is 0 Å². The summed E-state index contributed by atoms with van der Waals surface area (Å²) in [6.07, 6.45) is 2.44. The van der Waals surface area contributed by atoms with Crippen molar-refractivity contribution < 1.29 is 13.2 Å². The van der Waals surface area contributed by atoms with Crippen LogP contribution in [0.15, 0.2) is 40.5 Å². The Morgan fingerprint density at radius 1 is 1.00 bits per heavy atom. The molecule has 0 saturated carbocycles. The zero-order chi connectivity index (χ0) is 21.1. The van der Waals surface area contributed by atoms with Gasteiger partial charge in [-0.1, -0.05) is 42.1 Å². The Kier molecular flexibility index (Phi) is 6.45. The molecule has 0 spiro atoms. The van der Waals surface area contributed by atoms with Crippen molar-refractivity contribution >= 4 is 38.6 Å². The van der Waals surface area contributed by atoms with Crippen LogP contribution in [0, 0.1) is 5.92 Å². The van der Waals surface area contributed by atoms with Gasteiger partial charge in [-0.15, -0.1) is 5.10 Å². The van der Waals surface area contributed by atoms with E-state index in [1.54, 1.807) is 11.8 Å². The highest BCUT2D eigenvalue weighted by Crippen LogP contribution is 2.23. The van der Waals surface area contributed by atoms with Crippen molar-refractivity contribution in [1.29, 1.82) is 0 Å². The highest BCUT2D eigenvalue weighted by Gasteiger charge is 2.33. The molecular weight excluding hydrogens is 422 g/mol. The number of carbonyl (C=O) groups is 1. The molecule has 0 unspecified atom stereocenters.